The number of aromatic amines is 1. The first kappa shape index (κ1) is 27.9. The number of para-hydroxylation sites is 1. The van der Waals surface area contributed by atoms with Crippen molar-refractivity contribution in [2.75, 3.05) is 0 Å². The highest BCUT2D eigenvalue weighted by Crippen LogP contribution is 2.37. The fraction of sp³-hybridized carbons (Fsp3) is 0.0500. The molecule has 3 aromatic carbocycles. The van der Waals surface area contributed by atoms with Crippen LogP contribution in [0.5, 0.6) is 0 Å². The fourth-order valence-corrected chi connectivity index (χ4v) is 5.60. The molecule has 4 rings (SSSR count). The van der Waals surface area contributed by atoms with Crippen molar-refractivity contribution in [3.63, 3.8) is 0 Å². The van der Waals surface area contributed by atoms with E-state index >= 15 is 0 Å². The number of hydrogen-bond acceptors (Lipinski definition) is 11. The number of aromatic nitrogens is 2. The van der Waals surface area contributed by atoms with E-state index < -0.39 is 41.3 Å². The lowest BCUT2D eigenvalue weighted by molar-refractivity contribution is -0.432. The van der Waals surface area contributed by atoms with Gasteiger partial charge in [0.15, 0.2) is 5.69 Å². The minimum Gasteiger partial charge on any atom is -0.293 e. The summed E-state index contributed by atoms with van der Waals surface area (Å²) in [5.41, 5.74) is -0.895. The maximum atomic E-state index is 13.0. The van der Waals surface area contributed by atoms with Crippen LogP contribution in [0.4, 0.5) is 11.4 Å². The Kier molecular flexibility index (Phi) is 7.75. The zero-order chi connectivity index (χ0) is 27.8. The maximum Gasteiger partial charge on any atom is 0.299 e. The van der Waals surface area contributed by atoms with Crippen LogP contribution in [0.3, 0.4) is 0 Å². The lowest BCUT2D eigenvalue weighted by Crippen LogP contribution is -2.14. The summed E-state index contributed by atoms with van der Waals surface area (Å²) in [5, 5.41) is 22.2. The minimum atomic E-state index is -4.95. The van der Waals surface area contributed by atoms with Crippen molar-refractivity contribution in [2.45, 2.75) is 21.6 Å². The van der Waals surface area contributed by atoms with Crippen molar-refractivity contribution in [1.82, 2.24) is 9.78 Å². The second-order valence-electron chi connectivity index (χ2n) is 7.52. The van der Waals surface area contributed by atoms with E-state index in [0.29, 0.717) is 17.7 Å². The van der Waals surface area contributed by atoms with Crippen LogP contribution in [0.15, 0.2) is 78.2 Å². The van der Waals surface area contributed by atoms with Gasteiger partial charge in [0, 0.05) is 10.3 Å². The third kappa shape index (κ3) is 5.65. The molecule has 1 heterocycles. The average Bonchev–Trinajstić information content (AvgIpc) is 3.12. The molecule has 0 saturated carbocycles. The summed E-state index contributed by atoms with van der Waals surface area (Å²) >= 11 is 6.50. The Morgan fingerprint density at radius 3 is 2.32 bits per heavy atom. The molecule has 18 heteroatoms. The predicted molar refractivity (Wildman–Crippen MR) is 135 cm³/mol. The largest absolute Gasteiger partial charge is 0.299 e. The first-order chi connectivity index (χ1) is 17.8. The molecule has 0 spiro atoms. The van der Waals surface area contributed by atoms with Crippen LogP contribution in [0.25, 0.3) is 16.5 Å². The summed E-state index contributed by atoms with van der Waals surface area (Å²) in [4.78, 5) is 11.5. The smallest absolute Gasteiger partial charge is 0.293 e. The Balaban J connectivity index is 1.92. The molecule has 200 valence electrons. The number of nitrogens with zero attached hydrogens (tertiary/aromatic N) is 3. The molecule has 1 aromatic heterocycles. The van der Waals surface area contributed by atoms with E-state index in [1.54, 1.807) is 24.3 Å². The molecule has 0 amide bonds. The summed E-state index contributed by atoms with van der Waals surface area (Å²) in [6.45, 7) is 1.50. The summed E-state index contributed by atoms with van der Waals surface area (Å²) in [7, 11) is -9.83. The number of benzene rings is 3. The topological polar surface area (TPSA) is 210 Å². The Morgan fingerprint density at radius 1 is 1.00 bits per heavy atom. The van der Waals surface area contributed by atoms with Crippen LogP contribution >= 0.6 is 23.6 Å². The number of azo groups is 1. The molecule has 38 heavy (non-hydrogen) atoms. The number of halogens is 1. The van der Waals surface area contributed by atoms with Gasteiger partial charge < -0.3 is 0 Å². The average molecular weight is 603 g/mol. The molecule has 0 radical (unpaired) electrons. The van der Waals surface area contributed by atoms with Crippen LogP contribution in [-0.4, -0.2) is 41.0 Å². The first-order valence-electron chi connectivity index (χ1n) is 10.0. The van der Waals surface area contributed by atoms with Crippen LogP contribution in [0.2, 0.25) is 5.02 Å². The zero-order valence-corrected chi connectivity index (χ0v) is 22.0. The lowest BCUT2D eigenvalue weighted by atomic mass is 10.1. The second-order valence-corrected chi connectivity index (χ2v) is 11.5. The van der Waals surface area contributed by atoms with E-state index in [4.69, 9.17) is 16.9 Å². The number of fused-ring (bicyclic) bond motifs is 1. The number of aryl methyl sites for hydroxylation is 1. The highest BCUT2D eigenvalue weighted by molar-refractivity contribution is 7.94. The van der Waals surface area contributed by atoms with E-state index in [9.17, 15) is 30.7 Å². The standard InChI is InChI=1S/C20H15ClN4O10S3/c1-10-19(20(26)25(24-10)16-5-3-2-4-14(16)21)23-22-15-9-13-11(7-18(15)38(31,32)33)6-12(36-35-34-27)8-17(13)37(28,29)30/h2-9,24,27H,1H3,(H,28,29,30)(H,31,32,33). The molecule has 0 aliphatic heterocycles. The quantitative estimate of drug-likeness (QED) is 0.0718. The van der Waals surface area contributed by atoms with Gasteiger partial charge in [-0.05, 0) is 48.7 Å². The Morgan fingerprint density at radius 2 is 1.68 bits per heavy atom. The number of H-pyrrole nitrogens is 1. The molecule has 0 unspecified atom stereocenters. The van der Waals surface area contributed by atoms with Gasteiger partial charge in [-0.25, -0.2) is 9.94 Å². The molecule has 4 N–H and O–H groups in total. The van der Waals surface area contributed by atoms with Gasteiger partial charge in [-0.2, -0.15) is 16.8 Å². The lowest BCUT2D eigenvalue weighted by Gasteiger charge is -2.10. The normalized spacial score (nSPS) is 12.6. The molecule has 0 bridgehead atoms. The van der Waals surface area contributed by atoms with Gasteiger partial charge in [0.05, 0.1) is 28.4 Å². The molecule has 0 atom stereocenters. The Hall–Kier alpha value is -3.13. The molecule has 0 saturated heterocycles. The van der Waals surface area contributed by atoms with Gasteiger partial charge in [0.1, 0.15) is 15.5 Å². The molecule has 0 aliphatic rings. The van der Waals surface area contributed by atoms with E-state index in [0.717, 1.165) is 22.9 Å². The molecule has 4 aromatic rings. The van der Waals surface area contributed by atoms with Gasteiger partial charge in [-0.15, -0.1) is 14.6 Å². The van der Waals surface area contributed by atoms with Crippen LogP contribution in [0.1, 0.15) is 5.69 Å². The van der Waals surface area contributed by atoms with E-state index in [-0.39, 0.29) is 32.1 Å². The summed E-state index contributed by atoms with van der Waals surface area (Å²) in [5.74, 6) is 0. The van der Waals surface area contributed by atoms with Gasteiger partial charge in [0.25, 0.3) is 25.8 Å². The van der Waals surface area contributed by atoms with E-state index in [1.807, 2.05) is 0 Å². The molecule has 0 aliphatic carbocycles. The SMILES string of the molecule is Cc1[nH]n(-c2ccccc2Cl)c(=O)c1N=Nc1cc2c(S(=O)(=O)O)cc(SOOO)cc2cc1S(=O)(=O)O. The number of rotatable bonds is 8. The Labute approximate surface area is 223 Å². The van der Waals surface area contributed by atoms with Gasteiger partial charge in [-0.3, -0.25) is 19.0 Å². The highest BCUT2D eigenvalue weighted by atomic mass is 35.5. The third-order valence-electron chi connectivity index (χ3n) is 5.08. The predicted octanol–water partition coefficient (Wildman–Crippen LogP) is 4.62. The molecule has 14 nitrogen and oxygen atoms in total. The molecular weight excluding hydrogens is 588 g/mol. The van der Waals surface area contributed by atoms with Crippen LogP contribution < -0.4 is 5.56 Å². The molecular formula is C20H15ClN4O10S3. The minimum absolute atomic E-state index is 0.0297. The van der Waals surface area contributed by atoms with Crippen molar-refractivity contribution in [2.24, 2.45) is 10.2 Å². The summed E-state index contributed by atoms with van der Waals surface area (Å²) < 4.78 is 73.2. The zero-order valence-electron chi connectivity index (χ0n) is 18.8. The van der Waals surface area contributed by atoms with Crippen molar-refractivity contribution >= 4 is 66.0 Å². The van der Waals surface area contributed by atoms with Crippen molar-refractivity contribution in [3.8, 4) is 5.69 Å². The second kappa shape index (κ2) is 10.6. The maximum absolute atomic E-state index is 13.0. The first-order valence-corrected chi connectivity index (χ1v) is 14.0. The fourth-order valence-electron chi connectivity index (χ4n) is 3.48. The van der Waals surface area contributed by atoms with E-state index in [2.05, 4.69) is 24.7 Å². The summed E-state index contributed by atoms with van der Waals surface area (Å²) in [6.07, 6.45) is 0. The van der Waals surface area contributed by atoms with Crippen LogP contribution in [-0.2, 0) is 29.6 Å². The highest BCUT2D eigenvalue weighted by Gasteiger charge is 2.23. The van der Waals surface area contributed by atoms with Crippen LogP contribution in [0, 0.1) is 6.92 Å². The van der Waals surface area contributed by atoms with Gasteiger partial charge >= 0.3 is 0 Å². The van der Waals surface area contributed by atoms with E-state index in [1.165, 1.54) is 13.0 Å². The van der Waals surface area contributed by atoms with Crippen molar-refractivity contribution in [3.05, 3.63) is 69.6 Å². The summed E-state index contributed by atoms with van der Waals surface area (Å²) in [6, 6.07) is 10.4. The van der Waals surface area contributed by atoms with Gasteiger partial charge in [-0.1, -0.05) is 28.8 Å². The number of nitrogens with one attached hydrogen (secondary N) is 1. The third-order valence-corrected chi connectivity index (χ3v) is 7.73. The van der Waals surface area contributed by atoms with Gasteiger partial charge in [0.2, 0.25) is 0 Å². The van der Waals surface area contributed by atoms with Crippen molar-refractivity contribution < 1.29 is 40.6 Å². The number of hydrogen-bond donors (Lipinski definition) is 4. The monoisotopic (exact) mass is 602 g/mol. The van der Waals surface area contributed by atoms with Crippen molar-refractivity contribution in [1.29, 1.82) is 0 Å². The molecule has 0 fully saturated rings. The Bertz CT molecular complexity index is 1870.